The number of ether oxygens (including phenoxy) is 1. The molecule has 0 radical (unpaired) electrons. The summed E-state index contributed by atoms with van der Waals surface area (Å²) < 4.78 is 5.46. The molecular weight excluding hydrogens is 260 g/mol. The molecular formula is C18H30N2O. The topological polar surface area (TPSA) is 24.5 Å². The zero-order valence-electron chi connectivity index (χ0n) is 13.8. The minimum Gasteiger partial charge on any atom is -0.383 e. The van der Waals surface area contributed by atoms with E-state index < -0.39 is 0 Å². The largest absolute Gasteiger partial charge is 0.383 e. The number of nitrogens with one attached hydrogen (secondary N) is 1. The molecule has 0 aromatic heterocycles. The van der Waals surface area contributed by atoms with Gasteiger partial charge in [-0.3, -0.25) is 4.90 Å². The number of methoxy groups -OCH3 is 1. The van der Waals surface area contributed by atoms with Crippen molar-refractivity contribution in [3.8, 4) is 0 Å². The van der Waals surface area contributed by atoms with Gasteiger partial charge < -0.3 is 10.1 Å². The molecule has 1 fully saturated rings. The fourth-order valence-corrected chi connectivity index (χ4v) is 3.40. The highest BCUT2D eigenvalue weighted by molar-refractivity contribution is 5.24. The monoisotopic (exact) mass is 290 g/mol. The maximum atomic E-state index is 5.46. The van der Waals surface area contributed by atoms with Crippen molar-refractivity contribution in [3.63, 3.8) is 0 Å². The van der Waals surface area contributed by atoms with Gasteiger partial charge in [-0.2, -0.15) is 0 Å². The van der Waals surface area contributed by atoms with Crippen LogP contribution in [0.3, 0.4) is 0 Å². The summed E-state index contributed by atoms with van der Waals surface area (Å²) in [5.74, 6) is 0. The summed E-state index contributed by atoms with van der Waals surface area (Å²) in [6.07, 6.45) is 3.62. The second-order valence-electron chi connectivity index (χ2n) is 6.35. The second-order valence-corrected chi connectivity index (χ2v) is 6.35. The Bertz CT molecular complexity index is 403. The Hall–Kier alpha value is -0.900. The van der Waals surface area contributed by atoms with Crippen molar-refractivity contribution in [1.29, 1.82) is 0 Å². The first kappa shape index (κ1) is 16.5. The van der Waals surface area contributed by atoms with Gasteiger partial charge >= 0.3 is 0 Å². The molecule has 2 unspecified atom stereocenters. The van der Waals surface area contributed by atoms with Gasteiger partial charge in [-0.15, -0.1) is 0 Å². The number of hydrogen-bond donors (Lipinski definition) is 1. The fraction of sp³-hybridized carbons (Fsp3) is 0.667. The molecule has 21 heavy (non-hydrogen) atoms. The standard InChI is InChI=1S/C18H30N2O/c1-4-9-17(14-21-3)20-13-8-12-19-18(2,15-20)16-10-6-5-7-11-16/h5-7,10-11,17,19H,4,8-9,12-15H2,1-3H3. The molecule has 1 aromatic rings. The first-order valence-electron chi connectivity index (χ1n) is 8.23. The zero-order chi connectivity index (χ0) is 15.1. The van der Waals surface area contributed by atoms with Gasteiger partial charge in [-0.1, -0.05) is 43.7 Å². The number of benzene rings is 1. The smallest absolute Gasteiger partial charge is 0.0618 e. The third-order valence-corrected chi connectivity index (χ3v) is 4.56. The molecule has 0 spiro atoms. The number of hydrogen-bond acceptors (Lipinski definition) is 3. The van der Waals surface area contributed by atoms with Gasteiger partial charge in [0.2, 0.25) is 0 Å². The van der Waals surface area contributed by atoms with Gasteiger partial charge in [0.1, 0.15) is 0 Å². The van der Waals surface area contributed by atoms with Crippen LogP contribution < -0.4 is 5.32 Å². The Balaban J connectivity index is 2.17. The van der Waals surface area contributed by atoms with Gasteiger partial charge in [0.25, 0.3) is 0 Å². The molecule has 1 aliphatic rings. The zero-order valence-corrected chi connectivity index (χ0v) is 13.8. The average molecular weight is 290 g/mol. The van der Waals surface area contributed by atoms with Crippen molar-refractivity contribution >= 4 is 0 Å². The quantitative estimate of drug-likeness (QED) is 0.871. The molecule has 0 amide bonds. The maximum absolute atomic E-state index is 5.46. The molecule has 3 nitrogen and oxygen atoms in total. The van der Waals surface area contributed by atoms with E-state index >= 15 is 0 Å². The van der Waals surface area contributed by atoms with Crippen LogP contribution in [0.4, 0.5) is 0 Å². The van der Waals surface area contributed by atoms with Crippen LogP contribution in [0.1, 0.15) is 38.7 Å². The van der Waals surface area contributed by atoms with E-state index in [1.54, 1.807) is 0 Å². The van der Waals surface area contributed by atoms with E-state index in [1.807, 2.05) is 7.11 Å². The summed E-state index contributed by atoms with van der Waals surface area (Å²) in [4.78, 5) is 2.62. The van der Waals surface area contributed by atoms with Crippen molar-refractivity contribution < 1.29 is 4.74 Å². The Morgan fingerprint density at radius 2 is 2.10 bits per heavy atom. The molecule has 0 saturated carbocycles. The van der Waals surface area contributed by atoms with Crippen LogP contribution in [0, 0.1) is 0 Å². The SMILES string of the molecule is CCCC(COC)N1CCCNC(C)(c2ccccc2)C1. The minimum absolute atomic E-state index is 0.0253. The summed E-state index contributed by atoms with van der Waals surface area (Å²) in [5.41, 5.74) is 1.40. The lowest BCUT2D eigenvalue weighted by Gasteiger charge is -2.38. The van der Waals surface area contributed by atoms with Gasteiger partial charge in [-0.05, 0) is 38.4 Å². The van der Waals surface area contributed by atoms with Crippen LogP contribution in [0.25, 0.3) is 0 Å². The lowest BCUT2D eigenvalue weighted by Crippen LogP contribution is -2.50. The second kappa shape index (κ2) is 7.92. The summed E-state index contributed by atoms with van der Waals surface area (Å²) in [6, 6.07) is 11.4. The maximum Gasteiger partial charge on any atom is 0.0618 e. The van der Waals surface area contributed by atoms with Crippen LogP contribution in [-0.2, 0) is 10.3 Å². The third-order valence-electron chi connectivity index (χ3n) is 4.56. The van der Waals surface area contributed by atoms with Crippen molar-refractivity contribution in [1.82, 2.24) is 10.2 Å². The molecule has 118 valence electrons. The molecule has 1 saturated heterocycles. The lowest BCUT2D eigenvalue weighted by atomic mass is 9.91. The highest BCUT2D eigenvalue weighted by atomic mass is 16.5. The van der Waals surface area contributed by atoms with Crippen molar-refractivity contribution in [2.75, 3.05) is 33.4 Å². The van der Waals surface area contributed by atoms with Gasteiger partial charge in [-0.25, -0.2) is 0 Å². The predicted molar refractivity (Wildman–Crippen MR) is 88.6 cm³/mol. The molecule has 1 aromatic carbocycles. The van der Waals surface area contributed by atoms with E-state index in [0.29, 0.717) is 6.04 Å². The van der Waals surface area contributed by atoms with Crippen LogP contribution in [0.5, 0.6) is 0 Å². The van der Waals surface area contributed by atoms with Crippen molar-refractivity contribution in [3.05, 3.63) is 35.9 Å². The highest BCUT2D eigenvalue weighted by Crippen LogP contribution is 2.26. The van der Waals surface area contributed by atoms with E-state index in [2.05, 4.69) is 54.4 Å². The molecule has 2 rings (SSSR count). The van der Waals surface area contributed by atoms with Gasteiger partial charge in [0.05, 0.1) is 12.1 Å². The Labute approximate surface area is 129 Å². The molecule has 1 aliphatic heterocycles. The van der Waals surface area contributed by atoms with E-state index in [0.717, 1.165) is 26.2 Å². The van der Waals surface area contributed by atoms with Gasteiger partial charge in [0, 0.05) is 19.7 Å². The minimum atomic E-state index is 0.0253. The molecule has 2 atom stereocenters. The first-order chi connectivity index (χ1) is 10.2. The van der Waals surface area contributed by atoms with E-state index in [4.69, 9.17) is 4.74 Å². The summed E-state index contributed by atoms with van der Waals surface area (Å²) in [5, 5.41) is 3.76. The fourth-order valence-electron chi connectivity index (χ4n) is 3.40. The first-order valence-corrected chi connectivity index (χ1v) is 8.23. The van der Waals surface area contributed by atoms with Crippen molar-refractivity contribution in [2.45, 2.75) is 44.7 Å². The highest BCUT2D eigenvalue weighted by Gasteiger charge is 2.33. The number of rotatable bonds is 6. The summed E-state index contributed by atoms with van der Waals surface area (Å²) in [7, 11) is 1.81. The van der Waals surface area contributed by atoms with E-state index in [9.17, 15) is 0 Å². The Kier molecular flexibility index (Phi) is 6.22. The van der Waals surface area contributed by atoms with Crippen LogP contribution in [0.2, 0.25) is 0 Å². The third kappa shape index (κ3) is 4.29. The van der Waals surface area contributed by atoms with E-state index in [-0.39, 0.29) is 5.54 Å². The molecule has 0 bridgehead atoms. The molecule has 3 heteroatoms. The average Bonchev–Trinajstić information content (AvgIpc) is 2.71. The molecule has 1 N–H and O–H groups in total. The van der Waals surface area contributed by atoms with Crippen LogP contribution in [-0.4, -0.2) is 44.3 Å². The predicted octanol–water partition coefficient (Wildman–Crippen LogP) is 3.01. The Morgan fingerprint density at radius 1 is 1.33 bits per heavy atom. The van der Waals surface area contributed by atoms with Crippen LogP contribution >= 0.6 is 0 Å². The molecule has 1 heterocycles. The van der Waals surface area contributed by atoms with Crippen LogP contribution in [0.15, 0.2) is 30.3 Å². The van der Waals surface area contributed by atoms with E-state index in [1.165, 1.54) is 24.8 Å². The van der Waals surface area contributed by atoms with Gasteiger partial charge in [0.15, 0.2) is 0 Å². The lowest BCUT2D eigenvalue weighted by molar-refractivity contribution is 0.0729. The molecule has 0 aliphatic carbocycles. The summed E-state index contributed by atoms with van der Waals surface area (Å²) in [6.45, 7) is 8.70. The van der Waals surface area contributed by atoms with Crippen molar-refractivity contribution in [2.24, 2.45) is 0 Å². The number of nitrogens with zero attached hydrogens (tertiary/aromatic N) is 1. The normalized spacial score (nSPS) is 25.5. The summed E-state index contributed by atoms with van der Waals surface area (Å²) >= 11 is 0. The Morgan fingerprint density at radius 3 is 2.76 bits per heavy atom.